The van der Waals surface area contributed by atoms with Crippen LogP contribution in [0.4, 0.5) is 27.6 Å². The molecule has 0 aliphatic carbocycles. The lowest BCUT2D eigenvalue weighted by molar-refractivity contribution is -0.139. The van der Waals surface area contributed by atoms with Gasteiger partial charge < -0.3 is 10.5 Å². The van der Waals surface area contributed by atoms with Gasteiger partial charge in [-0.25, -0.2) is 13.8 Å². The molecule has 3 nitrogen and oxygen atoms in total. The first kappa shape index (κ1) is 12.5. The lowest BCUT2D eigenvalue weighted by Crippen LogP contribution is -2.15. The zero-order valence-electron chi connectivity index (χ0n) is 7.98. The van der Waals surface area contributed by atoms with Gasteiger partial charge in [0.2, 0.25) is 5.88 Å². The summed E-state index contributed by atoms with van der Waals surface area (Å²) in [7, 11) is 1.04. The van der Waals surface area contributed by atoms with Crippen molar-refractivity contribution in [2.45, 2.75) is 12.6 Å². The number of nitrogens with two attached hydrogens (primary N) is 1. The van der Waals surface area contributed by atoms with Crippen molar-refractivity contribution in [2.24, 2.45) is 0 Å². The third-order valence-corrected chi connectivity index (χ3v) is 1.82. The Hall–Kier alpha value is -1.60. The van der Waals surface area contributed by atoms with Crippen LogP contribution < -0.4 is 10.5 Å². The van der Waals surface area contributed by atoms with Gasteiger partial charge in [-0.05, 0) is 0 Å². The van der Waals surface area contributed by atoms with Gasteiger partial charge in [0.25, 0.3) is 6.43 Å². The minimum atomic E-state index is -4.98. The molecular weight excluding hydrogens is 235 g/mol. The number of hydrogen-bond donors (Lipinski definition) is 1. The third-order valence-electron chi connectivity index (χ3n) is 1.82. The van der Waals surface area contributed by atoms with E-state index in [1.807, 2.05) is 0 Å². The topological polar surface area (TPSA) is 48.1 Å². The Bertz CT molecular complexity index is 391. The second kappa shape index (κ2) is 4.11. The van der Waals surface area contributed by atoms with E-state index in [1.54, 1.807) is 0 Å². The van der Waals surface area contributed by atoms with Crippen LogP contribution in [-0.2, 0) is 6.18 Å². The maximum atomic E-state index is 12.5. The van der Waals surface area contributed by atoms with E-state index in [1.165, 1.54) is 0 Å². The summed E-state index contributed by atoms with van der Waals surface area (Å²) in [5.74, 6) is -0.531. The number of rotatable bonds is 2. The Morgan fingerprint density at radius 1 is 1.38 bits per heavy atom. The van der Waals surface area contributed by atoms with Crippen molar-refractivity contribution >= 4 is 5.69 Å². The number of ether oxygens (including phenoxy) is 1. The standard InChI is InChI=1S/C8H7F5N2O/c1-16-7-5(14)4(8(11,12)13)3(2-15-7)6(9)10/h2,6H,14H2,1H3. The van der Waals surface area contributed by atoms with Gasteiger partial charge in [0.15, 0.2) is 0 Å². The SMILES string of the molecule is COc1ncc(C(F)F)c(C(F)(F)F)c1N. The average Bonchev–Trinajstić information content (AvgIpc) is 2.14. The number of hydrogen-bond acceptors (Lipinski definition) is 3. The minimum absolute atomic E-state index is 0.405. The van der Waals surface area contributed by atoms with Crippen LogP contribution in [0.2, 0.25) is 0 Å². The molecule has 0 radical (unpaired) electrons. The molecular formula is C8H7F5N2O. The van der Waals surface area contributed by atoms with Crippen LogP contribution in [-0.4, -0.2) is 12.1 Å². The first-order chi connectivity index (χ1) is 7.29. The van der Waals surface area contributed by atoms with Crippen LogP contribution in [0, 0.1) is 0 Å². The molecule has 1 aromatic heterocycles. The summed E-state index contributed by atoms with van der Waals surface area (Å²) >= 11 is 0. The van der Waals surface area contributed by atoms with E-state index < -0.39 is 35.3 Å². The van der Waals surface area contributed by atoms with E-state index in [0.717, 1.165) is 7.11 Å². The van der Waals surface area contributed by atoms with Crippen LogP contribution in [0.25, 0.3) is 0 Å². The summed E-state index contributed by atoms with van der Waals surface area (Å²) in [5.41, 5.74) is 1.28. The summed E-state index contributed by atoms with van der Waals surface area (Å²) in [4.78, 5) is 3.26. The molecule has 0 aromatic carbocycles. The van der Waals surface area contributed by atoms with E-state index in [9.17, 15) is 22.0 Å². The van der Waals surface area contributed by atoms with Crippen molar-refractivity contribution in [1.82, 2.24) is 4.98 Å². The maximum absolute atomic E-state index is 12.5. The predicted molar refractivity (Wildman–Crippen MR) is 45.2 cm³/mol. The summed E-state index contributed by atoms with van der Waals surface area (Å²) in [5, 5.41) is 0. The van der Waals surface area contributed by atoms with Crippen molar-refractivity contribution in [2.75, 3.05) is 12.8 Å². The van der Waals surface area contributed by atoms with Gasteiger partial charge in [-0.15, -0.1) is 0 Å². The lowest BCUT2D eigenvalue weighted by atomic mass is 10.1. The number of aromatic nitrogens is 1. The fourth-order valence-corrected chi connectivity index (χ4v) is 1.17. The van der Waals surface area contributed by atoms with Crippen molar-refractivity contribution in [3.8, 4) is 5.88 Å². The molecule has 0 fully saturated rings. The molecule has 8 heteroatoms. The van der Waals surface area contributed by atoms with E-state index in [4.69, 9.17) is 5.73 Å². The van der Waals surface area contributed by atoms with Crippen molar-refractivity contribution in [1.29, 1.82) is 0 Å². The predicted octanol–water partition coefficient (Wildman–Crippen LogP) is 2.63. The Kier molecular flexibility index (Phi) is 3.20. The number of pyridine rings is 1. The van der Waals surface area contributed by atoms with Crippen LogP contribution in [0.1, 0.15) is 17.6 Å². The van der Waals surface area contributed by atoms with E-state index in [-0.39, 0.29) is 0 Å². The highest BCUT2D eigenvalue weighted by Crippen LogP contribution is 2.42. The second-order valence-corrected chi connectivity index (χ2v) is 2.81. The highest BCUT2D eigenvalue weighted by Gasteiger charge is 2.39. The van der Waals surface area contributed by atoms with Crippen LogP contribution in [0.15, 0.2) is 6.20 Å². The Labute approximate surface area is 87.0 Å². The van der Waals surface area contributed by atoms with Gasteiger partial charge in [-0.3, -0.25) is 0 Å². The summed E-state index contributed by atoms with van der Waals surface area (Å²) in [6.07, 6.45) is -7.88. The van der Waals surface area contributed by atoms with E-state index >= 15 is 0 Å². The number of methoxy groups -OCH3 is 1. The maximum Gasteiger partial charge on any atom is 0.419 e. The molecule has 90 valence electrons. The fourth-order valence-electron chi connectivity index (χ4n) is 1.17. The molecule has 0 saturated carbocycles. The first-order valence-corrected chi connectivity index (χ1v) is 3.96. The molecule has 2 N–H and O–H groups in total. The average molecular weight is 242 g/mol. The van der Waals surface area contributed by atoms with Gasteiger partial charge >= 0.3 is 6.18 Å². The first-order valence-electron chi connectivity index (χ1n) is 3.96. The van der Waals surface area contributed by atoms with Crippen molar-refractivity contribution in [3.63, 3.8) is 0 Å². The number of anilines is 1. The number of nitrogens with zero attached hydrogens (tertiary/aromatic N) is 1. The minimum Gasteiger partial charge on any atom is -0.480 e. The summed E-state index contributed by atoms with van der Waals surface area (Å²) < 4.78 is 66.6. The molecule has 0 aliphatic heterocycles. The van der Waals surface area contributed by atoms with Crippen LogP contribution in [0.5, 0.6) is 5.88 Å². The number of alkyl halides is 5. The van der Waals surface area contributed by atoms with Gasteiger partial charge in [-0.2, -0.15) is 13.2 Å². The van der Waals surface area contributed by atoms with Gasteiger partial charge in [-0.1, -0.05) is 0 Å². The fraction of sp³-hybridized carbons (Fsp3) is 0.375. The zero-order valence-corrected chi connectivity index (χ0v) is 7.98. The Morgan fingerprint density at radius 3 is 2.31 bits per heavy atom. The van der Waals surface area contributed by atoms with Crippen molar-refractivity contribution in [3.05, 3.63) is 17.3 Å². The third kappa shape index (κ3) is 2.15. The quantitative estimate of drug-likeness (QED) is 0.811. The van der Waals surface area contributed by atoms with Crippen molar-refractivity contribution < 1.29 is 26.7 Å². The van der Waals surface area contributed by atoms with Crippen LogP contribution in [0.3, 0.4) is 0 Å². The molecule has 0 spiro atoms. The van der Waals surface area contributed by atoms with Gasteiger partial charge in [0.05, 0.1) is 18.2 Å². The summed E-state index contributed by atoms with van der Waals surface area (Å²) in [6.45, 7) is 0. The summed E-state index contributed by atoms with van der Waals surface area (Å²) in [6, 6.07) is 0. The molecule has 1 heterocycles. The molecule has 1 aromatic rings. The lowest BCUT2D eigenvalue weighted by Gasteiger charge is -2.16. The molecule has 0 saturated heterocycles. The number of nitrogen functional groups attached to an aromatic ring is 1. The highest BCUT2D eigenvalue weighted by molar-refractivity contribution is 5.59. The molecule has 0 amide bonds. The van der Waals surface area contributed by atoms with E-state index in [0.29, 0.717) is 6.20 Å². The van der Waals surface area contributed by atoms with E-state index in [2.05, 4.69) is 9.72 Å². The number of halogens is 5. The zero-order chi connectivity index (χ0) is 12.5. The van der Waals surface area contributed by atoms with Gasteiger partial charge in [0, 0.05) is 6.20 Å². The molecule has 0 aliphatic rings. The second-order valence-electron chi connectivity index (χ2n) is 2.81. The Balaban J connectivity index is 3.50. The smallest absolute Gasteiger partial charge is 0.419 e. The molecule has 0 unspecified atom stereocenters. The molecule has 16 heavy (non-hydrogen) atoms. The molecule has 1 rings (SSSR count). The monoisotopic (exact) mass is 242 g/mol. The van der Waals surface area contributed by atoms with Gasteiger partial charge in [0.1, 0.15) is 5.69 Å². The molecule has 0 bridgehead atoms. The highest BCUT2D eigenvalue weighted by atomic mass is 19.4. The Morgan fingerprint density at radius 2 is 1.94 bits per heavy atom. The normalized spacial score (nSPS) is 11.9. The molecule has 0 atom stereocenters. The largest absolute Gasteiger partial charge is 0.480 e. The van der Waals surface area contributed by atoms with Crippen LogP contribution >= 0.6 is 0 Å².